The summed E-state index contributed by atoms with van der Waals surface area (Å²) < 4.78 is 34.9. The Bertz CT molecular complexity index is 1780. The number of nitrogens with zero attached hydrogens (tertiary/aromatic N) is 1. The Hall–Kier alpha value is -3.17. The predicted molar refractivity (Wildman–Crippen MR) is 250 cm³/mol. The van der Waals surface area contributed by atoms with Gasteiger partial charge in [0.2, 0.25) is 0 Å². The van der Waals surface area contributed by atoms with E-state index in [1.807, 2.05) is 51.5 Å². The zero-order valence-corrected chi connectivity index (χ0v) is 39.0. The molecule has 2 atom stereocenters. The van der Waals surface area contributed by atoms with Gasteiger partial charge in [0.1, 0.15) is 25.9 Å². The van der Waals surface area contributed by atoms with Crippen molar-refractivity contribution in [2.45, 2.75) is 148 Å². The standard InChI is InChI=1S/C51H78NO8P/c1-5-6-7-8-9-10-11-12-13-14-15-16-17-21-24-29-37-57-42-49(60-61(55,56)59-38-36-52(2,3)4)43-58-51(54)33-26-23-20-18-19-22-25-32-50(53)47-35-34-46-39-44-30-27-28-31-45(44)40-48(46)41-47/h9-10,12-13,27-28,30-31,34-35,39-41,49H,5-8,11,14-26,29,32-33,36-38,42-43H2,1-4H3/b10-9-,13-12-/t49-/m0/s1. The number of phosphoric ester groups is 1. The summed E-state index contributed by atoms with van der Waals surface area (Å²) in [6.07, 6.45) is 29.3. The van der Waals surface area contributed by atoms with Crippen molar-refractivity contribution in [3.8, 4) is 0 Å². The maximum absolute atomic E-state index is 12.9. The lowest BCUT2D eigenvalue weighted by Crippen LogP contribution is -2.38. The maximum atomic E-state index is 12.9. The van der Waals surface area contributed by atoms with Crippen molar-refractivity contribution in [1.82, 2.24) is 0 Å². The maximum Gasteiger partial charge on any atom is 0.305 e. The van der Waals surface area contributed by atoms with E-state index < -0.39 is 13.9 Å². The van der Waals surface area contributed by atoms with Crippen molar-refractivity contribution in [3.05, 3.63) is 84.5 Å². The average molecular weight is 864 g/mol. The van der Waals surface area contributed by atoms with Crippen LogP contribution < -0.4 is 4.89 Å². The second-order valence-electron chi connectivity index (χ2n) is 17.5. The molecule has 3 aromatic carbocycles. The van der Waals surface area contributed by atoms with Gasteiger partial charge < -0.3 is 27.9 Å². The lowest BCUT2D eigenvalue weighted by atomic mass is 9.98. The minimum absolute atomic E-state index is 0.00804. The van der Waals surface area contributed by atoms with Crippen LogP contribution in [-0.4, -0.2) is 76.5 Å². The van der Waals surface area contributed by atoms with E-state index in [4.69, 9.17) is 18.5 Å². The minimum Gasteiger partial charge on any atom is -0.756 e. The third-order valence-electron chi connectivity index (χ3n) is 10.8. The molecular formula is C51H78NO8P. The van der Waals surface area contributed by atoms with Crippen molar-refractivity contribution < 1.29 is 42.1 Å². The van der Waals surface area contributed by atoms with Crippen molar-refractivity contribution in [2.24, 2.45) is 0 Å². The number of benzene rings is 3. The van der Waals surface area contributed by atoms with Crippen LogP contribution in [0.1, 0.15) is 152 Å². The van der Waals surface area contributed by atoms with Crippen LogP contribution in [0.2, 0.25) is 0 Å². The topological polar surface area (TPSA) is 111 Å². The fourth-order valence-electron chi connectivity index (χ4n) is 7.11. The first-order chi connectivity index (χ1) is 29.5. The minimum atomic E-state index is -4.63. The Morgan fingerprint density at radius 1 is 0.656 bits per heavy atom. The molecule has 0 saturated heterocycles. The Labute approximate surface area is 368 Å². The summed E-state index contributed by atoms with van der Waals surface area (Å²) in [5.41, 5.74) is 0.772. The molecule has 0 spiro atoms. The summed E-state index contributed by atoms with van der Waals surface area (Å²) in [5.74, 6) is -0.198. The van der Waals surface area contributed by atoms with Crippen LogP contribution in [0, 0.1) is 0 Å². The van der Waals surface area contributed by atoms with Crippen LogP contribution in [0.15, 0.2) is 78.9 Å². The average Bonchev–Trinajstić information content (AvgIpc) is 3.22. The molecular weight excluding hydrogens is 786 g/mol. The normalized spacial score (nSPS) is 13.7. The van der Waals surface area contributed by atoms with Crippen LogP contribution in [-0.2, 0) is 27.9 Å². The van der Waals surface area contributed by atoms with Crippen LogP contribution in [0.3, 0.4) is 0 Å². The second kappa shape index (κ2) is 30.8. The van der Waals surface area contributed by atoms with Crippen molar-refractivity contribution in [1.29, 1.82) is 0 Å². The van der Waals surface area contributed by atoms with E-state index in [2.05, 4.69) is 55.5 Å². The number of quaternary nitrogens is 1. The molecule has 0 fully saturated rings. The molecule has 0 radical (unpaired) electrons. The molecule has 0 heterocycles. The summed E-state index contributed by atoms with van der Waals surface area (Å²) in [6, 6.07) is 18.6. The Kier molecular flexibility index (Phi) is 26.3. The molecule has 0 aliphatic heterocycles. The SMILES string of the molecule is CCCCC/C=C\C/C=C\CCCCCCCCOC[C@@H](COC(=O)CCCCCCCCCC(=O)c1ccc2cc3ccccc3cc2c1)OP(=O)([O-])OCC[N+](C)(C)C. The Morgan fingerprint density at radius 2 is 1.23 bits per heavy atom. The molecule has 0 aliphatic carbocycles. The van der Waals surface area contributed by atoms with Gasteiger partial charge in [-0.2, -0.15) is 0 Å². The zero-order chi connectivity index (χ0) is 44.0. The predicted octanol–water partition coefficient (Wildman–Crippen LogP) is 12.6. The van der Waals surface area contributed by atoms with E-state index in [9.17, 15) is 19.0 Å². The molecule has 0 aliphatic rings. The zero-order valence-electron chi connectivity index (χ0n) is 38.1. The van der Waals surface area contributed by atoms with Gasteiger partial charge >= 0.3 is 5.97 Å². The number of Topliss-reactive ketones (excluding diaryl/α,β-unsaturated/α-hetero) is 1. The molecule has 3 rings (SSSR count). The summed E-state index contributed by atoms with van der Waals surface area (Å²) in [5, 5.41) is 4.61. The molecule has 10 heteroatoms. The molecule has 0 amide bonds. The third kappa shape index (κ3) is 24.9. The quantitative estimate of drug-likeness (QED) is 0.0108. The smallest absolute Gasteiger partial charge is 0.305 e. The number of carbonyl (C=O) groups excluding carboxylic acids is 2. The number of ketones is 1. The number of fused-ring (bicyclic) bond motifs is 2. The van der Waals surface area contributed by atoms with Gasteiger partial charge in [-0.25, -0.2) is 0 Å². The number of unbranched alkanes of at least 4 members (excludes halogenated alkanes) is 15. The van der Waals surface area contributed by atoms with Gasteiger partial charge in [-0.05, 0) is 91.1 Å². The Morgan fingerprint density at radius 3 is 1.89 bits per heavy atom. The molecule has 0 N–H and O–H groups in total. The van der Waals surface area contributed by atoms with Gasteiger partial charge in [0.25, 0.3) is 7.82 Å². The number of phosphoric acid groups is 1. The number of ether oxygens (including phenoxy) is 2. The molecule has 0 bridgehead atoms. The number of hydrogen-bond donors (Lipinski definition) is 0. The van der Waals surface area contributed by atoms with Gasteiger partial charge in [-0.1, -0.05) is 138 Å². The van der Waals surface area contributed by atoms with Crippen LogP contribution in [0.25, 0.3) is 21.5 Å². The van der Waals surface area contributed by atoms with E-state index in [0.717, 1.165) is 87.0 Å². The highest BCUT2D eigenvalue weighted by Crippen LogP contribution is 2.40. The van der Waals surface area contributed by atoms with Crippen molar-refractivity contribution >= 4 is 41.1 Å². The monoisotopic (exact) mass is 864 g/mol. The molecule has 1 unspecified atom stereocenters. The number of rotatable bonds is 36. The summed E-state index contributed by atoms with van der Waals surface area (Å²) >= 11 is 0. The van der Waals surface area contributed by atoms with Gasteiger partial charge in [0.05, 0.1) is 27.7 Å². The van der Waals surface area contributed by atoms with Gasteiger partial charge in [0, 0.05) is 25.0 Å². The lowest BCUT2D eigenvalue weighted by Gasteiger charge is -2.30. The number of allylic oxidation sites excluding steroid dienone is 4. The number of likely N-dealkylation sites (N-methyl/N-ethyl adjacent to an activating group) is 1. The van der Waals surface area contributed by atoms with E-state index in [1.165, 1.54) is 55.7 Å². The van der Waals surface area contributed by atoms with Crippen LogP contribution in [0.5, 0.6) is 0 Å². The molecule has 340 valence electrons. The summed E-state index contributed by atoms with van der Waals surface area (Å²) in [4.78, 5) is 38.1. The fourth-order valence-corrected chi connectivity index (χ4v) is 7.96. The number of esters is 1. The fraction of sp³-hybridized carbons (Fsp3) is 0.608. The van der Waals surface area contributed by atoms with Crippen molar-refractivity contribution in [3.63, 3.8) is 0 Å². The van der Waals surface area contributed by atoms with Gasteiger partial charge in [-0.3, -0.25) is 14.2 Å². The van der Waals surface area contributed by atoms with E-state index in [1.54, 1.807) is 0 Å². The van der Waals surface area contributed by atoms with E-state index in [-0.39, 0.29) is 38.0 Å². The lowest BCUT2D eigenvalue weighted by molar-refractivity contribution is -0.870. The second-order valence-corrected chi connectivity index (χ2v) is 18.9. The molecule has 9 nitrogen and oxygen atoms in total. The van der Waals surface area contributed by atoms with Crippen LogP contribution in [0.4, 0.5) is 0 Å². The first-order valence-electron chi connectivity index (χ1n) is 23.4. The first-order valence-corrected chi connectivity index (χ1v) is 24.9. The Balaban J connectivity index is 1.25. The first kappa shape index (κ1) is 52.2. The van der Waals surface area contributed by atoms with Gasteiger partial charge in [-0.15, -0.1) is 0 Å². The molecule has 0 saturated carbocycles. The summed E-state index contributed by atoms with van der Waals surface area (Å²) in [6.45, 7) is 2.96. The largest absolute Gasteiger partial charge is 0.756 e. The number of carbonyl (C=O) groups is 2. The van der Waals surface area contributed by atoms with E-state index in [0.29, 0.717) is 30.5 Å². The third-order valence-corrected chi connectivity index (χ3v) is 11.9. The van der Waals surface area contributed by atoms with E-state index >= 15 is 0 Å². The van der Waals surface area contributed by atoms with Crippen molar-refractivity contribution in [2.75, 3.05) is 54.1 Å². The molecule has 3 aromatic rings. The highest BCUT2D eigenvalue weighted by molar-refractivity contribution is 7.45. The van der Waals surface area contributed by atoms with Crippen LogP contribution >= 0.6 is 7.82 Å². The number of hydrogen-bond acceptors (Lipinski definition) is 8. The molecule has 61 heavy (non-hydrogen) atoms. The highest BCUT2D eigenvalue weighted by Gasteiger charge is 2.22. The van der Waals surface area contributed by atoms with Gasteiger partial charge in [0.15, 0.2) is 5.78 Å². The molecule has 0 aromatic heterocycles. The summed E-state index contributed by atoms with van der Waals surface area (Å²) in [7, 11) is 1.22. The highest BCUT2D eigenvalue weighted by atomic mass is 31.2.